The molecule has 0 saturated carbocycles. The molecule has 0 atom stereocenters. The number of aromatic carboxylic acids is 1. The largest absolute Gasteiger partial charge is 0.478 e. The summed E-state index contributed by atoms with van der Waals surface area (Å²) in [5.74, 6) is -1.78. The molecule has 1 aliphatic heterocycles. The summed E-state index contributed by atoms with van der Waals surface area (Å²) in [5, 5.41) is 11.7. The van der Waals surface area contributed by atoms with Crippen LogP contribution in [0.4, 0.5) is 5.69 Å². The Morgan fingerprint density at radius 2 is 1.46 bits per heavy atom. The van der Waals surface area contributed by atoms with E-state index in [2.05, 4.69) is 34.5 Å². The Balaban J connectivity index is 1.26. The number of piperazine rings is 1. The second-order valence-electron chi connectivity index (χ2n) is 8.68. The molecular formula is C28H28ClN3O5. The minimum atomic E-state index is -1.11. The van der Waals surface area contributed by atoms with E-state index in [9.17, 15) is 14.4 Å². The second kappa shape index (κ2) is 12.5. The SMILES string of the molecule is O=C(COCC(=O)N1CCN(C(c2ccccc2)c2ccccc2)CC1)Nc1ccc(C(=O)O)cc1Cl. The van der Waals surface area contributed by atoms with Gasteiger partial charge in [0.25, 0.3) is 0 Å². The van der Waals surface area contributed by atoms with Gasteiger partial charge in [0.05, 0.1) is 22.3 Å². The van der Waals surface area contributed by atoms with Crippen molar-refractivity contribution in [2.24, 2.45) is 0 Å². The standard InChI is InChI=1S/C28H28ClN3O5/c29-23-17-22(28(35)36)11-12-24(23)30-25(33)18-37-19-26(34)31-13-15-32(16-14-31)27(20-7-3-1-4-8-20)21-9-5-2-6-10-21/h1-12,17,27H,13-16,18-19H2,(H,30,33)(H,35,36). The molecular weight excluding hydrogens is 494 g/mol. The summed E-state index contributed by atoms with van der Waals surface area (Å²) in [4.78, 5) is 40.0. The average Bonchev–Trinajstić information content (AvgIpc) is 2.91. The van der Waals surface area contributed by atoms with E-state index in [-0.39, 0.29) is 41.4 Å². The van der Waals surface area contributed by atoms with Crippen LogP contribution >= 0.6 is 11.6 Å². The van der Waals surface area contributed by atoms with Crippen molar-refractivity contribution in [3.8, 4) is 0 Å². The molecule has 1 aliphatic rings. The maximum Gasteiger partial charge on any atom is 0.335 e. The molecule has 37 heavy (non-hydrogen) atoms. The van der Waals surface area contributed by atoms with Gasteiger partial charge in [-0.15, -0.1) is 0 Å². The lowest BCUT2D eigenvalue weighted by Gasteiger charge is -2.39. The Bertz CT molecular complexity index is 1190. The number of nitrogens with one attached hydrogen (secondary N) is 1. The van der Waals surface area contributed by atoms with Crippen molar-refractivity contribution in [3.05, 3.63) is 101 Å². The first-order chi connectivity index (χ1) is 17.9. The summed E-state index contributed by atoms with van der Waals surface area (Å²) in [5.41, 5.74) is 2.71. The summed E-state index contributed by atoms with van der Waals surface area (Å²) in [7, 11) is 0. The molecule has 0 aliphatic carbocycles. The highest BCUT2D eigenvalue weighted by Crippen LogP contribution is 2.29. The number of hydrogen-bond acceptors (Lipinski definition) is 5. The Morgan fingerprint density at radius 3 is 2.00 bits per heavy atom. The molecule has 0 radical (unpaired) electrons. The van der Waals surface area contributed by atoms with E-state index < -0.39 is 11.9 Å². The zero-order valence-corrected chi connectivity index (χ0v) is 20.9. The van der Waals surface area contributed by atoms with Crippen LogP contribution in [0.2, 0.25) is 5.02 Å². The molecule has 1 fully saturated rings. The van der Waals surface area contributed by atoms with Gasteiger partial charge in [-0.25, -0.2) is 4.79 Å². The number of carboxylic acid groups (broad SMARTS) is 1. The number of halogens is 1. The Kier molecular flexibility index (Phi) is 8.90. The van der Waals surface area contributed by atoms with Crippen molar-refractivity contribution in [2.45, 2.75) is 6.04 Å². The van der Waals surface area contributed by atoms with Crippen LogP contribution in [0, 0.1) is 0 Å². The number of hydrogen-bond donors (Lipinski definition) is 2. The zero-order chi connectivity index (χ0) is 26.2. The van der Waals surface area contributed by atoms with Gasteiger partial charge in [0, 0.05) is 26.2 Å². The maximum atomic E-state index is 12.7. The fourth-order valence-electron chi connectivity index (χ4n) is 4.37. The van der Waals surface area contributed by atoms with Crippen LogP contribution in [0.3, 0.4) is 0 Å². The minimum absolute atomic E-state index is 0.0174. The van der Waals surface area contributed by atoms with E-state index >= 15 is 0 Å². The topological polar surface area (TPSA) is 99.2 Å². The number of ether oxygens (including phenoxy) is 1. The molecule has 3 aromatic rings. The molecule has 1 saturated heterocycles. The quantitative estimate of drug-likeness (QED) is 0.443. The molecule has 2 amide bonds. The Labute approximate surface area is 220 Å². The highest BCUT2D eigenvalue weighted by Gasteiger charge is 2.28. The predicted octanol–water partition coefficient (Wildman–Crippen LogP) is 3.93. The molecule has 8 nitrogen and oxygen atoms in total. The van der Waals surface area contributed by atoms with Crippen LogP contribution in [0.1, 0.15) is 27.5 Å². The molecule has 192 valence electrons. The van der Waals surface area contributed by atoms with Crippen molar-refractivity contribution >= 4 is 35.1 Å². The van der Waals surface area contributed by atoms with Gasteiger partial charge in [-0.3, -0.25) is 14.5 Å². The molecule has 3 aromatic carbocycles. The molecule has 0 bridgehead atoms. The third kappa shape index (κ3) is 6.95. The van der Waals surface area contributed by atoms with Crippen molar-refractivity contribution in [1.29, 1.82) is 0 Å². The molecule has 1 heterocycles. The van der Waals surface area contributed by atoms with Crippen LogP contribution in [-0.2, 0) is 14.3 Å². The van der Waals surface area contributed by atoms with Gasteiger partial charge in [-0.05, 0) is 29.3 Å². The fourth-order valence-corrected chi connectivity index (χ4v) is 4.60. The van der Waals surface area contributed by atoms with Crippen LogP contribution < -0.4 is 5.32 Å². The summed E-state index contributed by atoms with van der Waals surface area (Å²) in [6.45, 7) is 2.02. The lowest BCUT2D eigenvalue weighted by atomic mass is 9.96. The third-order valence-electron chi connectivity index (χ3n) is 6.21. The average molecular weight is 522 g/mol. The summed E-state index contributed by atoms with van der Waals surface area (Å²) in [6.07, 6.45) is 0. The second-order valence-corrected chi connectivity index (χ2v) is 9.09. The molecule has 0 spiro atoms. The first-order valence-electron chi connectivity index (χ1n) is 11.9. The first kappa shape index (κ1) is 26.3. The van der Waals surface area contributed by atoms with Gasteiger partial charge < -0.3 is 20.1 Å². The van der Waals surface area contributed by atoms with Crippen LogP contribution in [-0.4, -0.2) is 72.1 Å². The zero-order valence-electron chi connectivity index (χ0n) is 20.2. The number of benzene rings is 3. The smallest absolute Gasteiger partial charge is 0.335 e. The fraction of sp³-hybridized carbons (Fsp3) is 0.250. The number of carboxylic acids is 1. The highest BCUT2D eigenvalue weighted by molar-refractivity contribution is 6.34. The van der Waals surface area contributed by atoms with Gasteiger partial charge in [-0.2, -0.15) is 0 Å². The van der Waals surface area contributed by atoms with Crippen molar-refractivity contribution in [1.82, 2.24) is 9.80 Å². The van der Waals surface area contributed by atoms with E-state index in [4.69, 9.17) is 21.4 Å². The van der Waals surface area contributed by atoms with Crippen LogP contribution in [0.15, 0.2) is 78.9 Å². The van der Waals surface area contributed by atoms with Crippen molar-refractivity contribution in [3.63, 3.8) is 0 Å². The third-order valence-corrected chi connectivity index (χ3v) is 6.52. The number of nitrogens with zero attached hydrogens (tertiary/aromatic N) is 2. The number of carbonyl (C=O) groups is 3. The van der Waals surface area contributed by atoms with Gasteiger partial charge in [0.1, 0.15) is 13.2 Å². The van der Waals surface area contributed by atoms with E-state index in [0.29, 0.717) is 26.2 Å². The van der Waals surface area contributed by atoms with Gasteiger partial charge in [0.15, 0.2) is 0 Å². The summed E-state index contributed by atoms with van der Waals surface area (Å²) >= 11 is 6.03. The number of anilines is 1. The molecule has 2 N–H and O–H groups in total. The predicted molar refractivity (Wildman–Crippen MR) is 141 cm³/mol. The Hall–Kier alpha value is -3.72. The van der Waals surface area contributed by atoms with Crippen molar-refractivity contribution in [2.75, 3.05) is 44.7 Å². The van der Waals surface area contributed by atoms with Gasteiger partial charge in [0.2, 0.25) is 11.8 Å². The number of carbonyl (C=O) groups excluding carboxylic acids is 2. The van der Waals surface area contributed by atoms with E-state index in [1.165, 1.54) is 29.3 Å². The molecule has 0 aromatic heterocycles. The monoisotopic (exact) mass is 521 g/mol. The van der Waals surface area contributed by atoms with E-state index in [1.807, 2.05) is 36.4 Å². The van der Waals surface area contributed by atoms with Gasteiger partial charge >= 0.3 is 5.97 Å². The first-order valence-corrected chi connectivity index (χ1v) is 12.3. The number of rotatable bonds is 9. The molecule has 4 rings (SSSR count). The van der Waals surface area contributed by atoms with Crippen molar-refractivity contribution < 1.29 is 24.2 Å². The highest BCUT2D eigenvalue weighted by atomic mass is 35.5. The normalized spacial score (nSPS) is 13.9. The lowest BCUT2D eigenvalue weighted by Crippen LogP contribution is -2.50. The van der Waals surface area contributed by atoms with E-state index in [0.717, 1.165) is 0 Å². The van der Waals surface area contributed by atoms with Crippen LogP contribution in [0.5, 0.6) is 0 Å². The number of amides is 2. The Morgan fingerprint density at radius 1 is 0.865 bits per heavy atom. The summed E-state index contributed by atoms with van der Waals surface area (Å²) in [6, 6.07) is 24.8. The molecule has 0 unspecified atom stereocenters. The lowest BCUT2D eigenvalue weighted by molar-refractivity contribution is -0.139. The summed E-state index contributed by atoms with van der Waals surface area (Å²) < 4.78 is 5.34. The maximum absolute atomic E-state index is 12.7. The minimum Gasteiger partial charge on any atom is -0.478 e. The molecule has 9 heteroatoms. The van der Waals surface area contributed by atoms with Gasteiger partial charge in [-0.1, -0.05) is 72.3 Å². The van der Waals surface area contributed by atoms with E-state index in [1.54, 1.807) is 4.90 Å². The van der Waals surface area contributed by atoms with Crippen LogP contribution in [0.25, 0.3) is 0 Å².